The monoisotopic (exact) mass is 305 g/mol. The fourth-order valence-corrected chi connectivity index (χ4v) is 2.57. The summed E-state index contributed by atoms with van der Waals surface area (Å²) in [6.07, 6.45) is 8.93. The summed E-state index contributed by atoms with van der Waals surface area (Å²) in [6.45, 7) is 3.29. The van der Waals surface area contributed by atoms with Crippen LogP contribution in [-0.2, 0) is 0 Å². The van der Waals surface area contributed by atoms with E-state index < -0.39 is 0 Å². The first-order valence-corrected chi connectivity index (χ1v) is 6.42. The van der Waals surface area contributed by atoms with Crippen molar-refractivity contribution in [1.29, 1.82) is 0 Å². The van der Waals surface area contributed by atoms with Gasteiger partial charge in [0, 0.05) is 22.9 Å². The maximum Gasteiger partial charge on any atom is 0.0559 e. The maximum absolute atomic E-state index is 3.42. The summed E-state index contributed by atoms with van der Waals surface area (Å²) in [6, 6.07) is 0. The van der Waals surface area contributed by atoms with E-state index in [4.69, 9.17) is 0 Å². The number of rotatable bonds is 0. The second-order valence-electron chi connectivity index (χ2n) is 3.37. The van der Waals surface area contributed by atoms with E-state index in [1.54, 1.807) is 0 Å². The number of hydrogen-bond donors (Lipinski definition) is 1. The molecule has 1 nitrogen and oxygen atoms in total. The molecular weight excluding hydrogens is 293 g/mol. The molecule has 2 aliphatic rings. The molecule has 2 rings (SSSR count). The standard InChI is InChI=1S/C10H12INS/c1-10(11)4-2-8-9(3-5-10)13-7-6-12-8/h2-5,12H,6-7H2,1H3. The van der Waals surface area contributed by atoms with Gasteiger partial charge in [-0.2, -0.15) is 0 Å². The van der Waals surface area contributed by atoms with Crippen LogP contribution >= 0.6 is 34.4 Å². The molecule has 1 atom stereocenters. The molecule has 0 aromatic carbocycles. The van der Waals surface area contributed by atoms with Crippen LogP contribution in [0.4, 0.5) is 0 Å². The predicted octanol–water partition coefficient (Wildman–Crippen LogP) is 2.85. The number of hydrogen-bond acceptors (Lipinski definition) is 2. The summed E-state index contributed by atoms with van der Waals surface area (Å²) in [5, 5.41) is 3.42. The Morgan fingerprint density at radius 3 is 3.08 bits per heavy atom. The number of alkyl halides is 1. The van der Waals surface area contributed by atoms with Crippen LogP contribution in [-0.4, -0.2) is 15.7 Å². The van der Waals surface area contributed by atoms with E-state index in [1.165, 1.54) is 16.4 Å². The van der Waals surface area contributed by atoms with Gasteiger partial charge in [0.25, 0.3) is 0 Å². The molecule has 0 bridgehead atoms. The van der Waals surface area contributed by atoms with Gasteiger partial charge in [-0.3, -0.25) is 0 Å². The van der Waals surface area contributed by atoms with Gasteiger partial charge in [0.05, 0.1) is 3.42 Å². The molecule has 1 unspecified atom stereocenters. The Labute approximate surface area is 96.9 Å². The smallest absolute Gasteiger partial charge is 0.0559 e. The lowest BCUT2D eigenvalue weighted by atomic mass is 10.1. The van der Waals surface area contributed by atoms with Gasteiger partial charge in [0.15, 0.2) is 0 Å². The lowest BCUT2D eigenvalue weighted by Crippen LogP contribution is -2.20. The molecule has 1 N–H and O–H groups in total. The molecule has 0 aromatic rings. The van der Waals surface area contributed by atoms with Crippen molar-refractivity contribution in [3.05, 3.63) is 34.9 Å². The zero-order valence-electron chi connectivity index (χ0n) is 7.51. The van der Waals surface area contributed by atoms with Crippen molar-refractivity contribution in [3.63, 3.8) is 0 Å². The summed E-state index contributed by atoms with van der Waals surface area (Å²) in [5.41, 5.74) is 1.29. The van der Waals surface area contributed by atoms with E-state index in [0.29, 0.717) is 0 Å². The molecule has 0 saturated carbocycles. The molecule has 0 radical (unpaired) electrons. The van der Waals surface area contributed by atoms with Crippen molar-refractivity contribution in [3.8, 4) is 0 Å². The van der Waals surface area contributed by atoms with Crippen molar-refractivity contribution in [2.24, 2.45) is 0 Å². The van der Waals surface area contributed by atoms with Gasteiger partial charge in [-0.15, -0.1) is 11.8 Å². The SMILES string of the molecule is CC1(I)C=CC2=C(C=C1)SCCN2. The Hall–Kier alpha value is 0.1000. The van der Waals surface area contributed by atoms with E-state index in [0.717, 1.165) is 6.54 Å². The summed E-state index contributed by atoms with van der Waals surface area (Å²) < 4.78 is 0.164. The highest BCUT2D eigenvalue weighted by Gasteiger charge is 2.17. The number of thioether (sulfide) groups is 1. The molecule has 0 amide bonds. The Morgan fingerprint density at radius 1 is 1.46 bits per heavy atom. The molecule has 1 heterocycles. The third kappa shape index (κ3) is 2.31. The second kappa shape index (κ2) is 3.69. The summed E-state index contributed by atoms with van der Waals surface area (Å²) in [5.74, 6) is 1.18. The van der Waals surface area contributed by atoms with Gasteiger partial charge in [-0.05, 0) is 19.1 Å². The molecule has 70 valence electrons. The number of halogens is 1. The van der Waals surface area contributed by atoms with Crippen LogP contribution in [0.3, 0.4) is 0 Å². The zero-order chi connectivity index (χ0) is 9.31. The van der Waals surface area contributed by atoms with E-state index in [2.05, 4.69) is 59.1 Å². The quantitative estimate of drug-likeness (QED) is 0.545. The Morgan fingerprint density at radius 2 is 2.23 bits per heavy atom. The van der Waals surface area contributed by atoms with Crippen molar-refractivity contribution in [1.82, 2.24) is 5.32 Å². The highest BCUT2D eigenvalue weighted by Crippen LogP contribution is 2.31. The minimum absolute atomic E-state index is 0.164. The molecule has 13 heavy (non-hydrogen) atoms. The number of allylic oxidation sites excluding steroid dienone is 4. The fraction of sp³-hybridized carbons (Fsp3) is 0.400. The van der Waals surface area contributed by atoms with Gasteiger partial charge in [0.1, 0.15) is 0 Å². The lowest BCUT2D eigenvalue weighted by molar-refractivity contribution is 0.874. The first-order chi connectivity index (χ1) is 6.17. The van der Waals surface area contributed by atoms with Crippen molar-refractivity contribution >= 4 is 34.4 Å². The summed E-state index contributed by atoms with van der Waals surface area (Å²) >= 11 is 4.39. The summed E-state index contributed by atoms with van der Waals surface area (Å²) in [4.78, 5) is 1.38. The van der Waals surface area contributed by atoms with Crippen LogP contribution in [0.1, 0.15) is 6.92 Å². The fourth-order valence-electron chi connectivity index (χ4n) is 1.33. The van der Waals surface area contributed by atoms with Crippen LogP contribution in [0.15, 0.2) is 34.9 Å². The van der Waals surface area contributed by atoms with Crippen LogP contribution in [0.25, 0.3) is 0 Å². The zero-order valence-corrected chi connectivity index (χ0v) is 10.5. The Balaban J connectivity index is 2.32. The number of nitrogens with one attached hydrogen (secondary N) is 1. The van der Waals surface area contributed by atoms with E-state index >= 15 is 0 Å². The molecule has 1 aliphatic heterocycles. The molecule has 0 fully saturated rings. The van der Waals surface area contributed by atoms with E-state index in [9.17, 15) is 0 Å². The van der Waals surface area contributed by atoms with Gasteiger partial charge in [-0.25, -0.2) is 0 Å². The normalized spacial score (nSPS) is 32.5. The molecule has 0 aromatic heterocycles. The van der Waals surface area contributed by atoms with Gasteiger partial charge < -0.3 is 5.32 Å². The average molecular weight is 305 g/mol. The Kier molecular flexibility index (Phi) is 2.74. The Bertz CT molecular complexity index is 274. The molecule has 0 spiro atoms. The molecule has 3 heteroatoms. The van der Waals surface area contributed by atoms with Gasteiger partial charge in [0.2, 0.25) is 0 Å². The van der Waals surface area contributed by atoms with Crippen LogP contribution < -0.4 is 5.32 Å². The molecular formula is C10H12INS. The van der Waals surface area contributed by atoms with Crippen LogP contribution in [0.2, 0.25) is 0 Å². The average Bonchev–Trinajstić information content (AvgIpc) is 2.27. The third-order valence-electron chi connectivity index (χ3n) is 2.08. The first kappa shape index (κ1) is 9.65. The minimum Gasteiger partial charge on any atom is -0.383 e. The highest BCUT2D eigenvalue weighted by atomic mass is 127. The van der Waals surface area contributed by atoms with Crippen LogP contribution in [0.5, 0.6) is 0 Å². The maximum atomic E-state index is 3.42. The van der Waals surface area contributed by atoms with Crippen LogP contribution in [0, 0.1) is 0 Å². The van der Waals surface area contributed by atoms with Crippen molar-refractivity contribution in [2.45, 2.75) is 10.3 Å². The van der Waals surface area contributed by atoms with Gasteiger partial charge >= 0.3 is 0 Å². The predicted molar refractivity (Wildman–Crippen MR) is 68.2 cm³/mol. The van der Waals surface area contributed by atoms with E-state index in [1.807, 2.05) is 11.8 Å². The first-order valence-electron chi connectivity index (χ1n) is 4.36. The summed E-state index contributed by atoms with van der Waals surface area (Å²) in [7, 11) is 0. The van der Waals surface area contributed by atoms with E-state index in [-0.39, 0.29) is 3.42 Å². The molecule has 1 aliphatic carbocycles. The second-order valence-corrected chi connectivity index (χ2v) is 6.83. The lowest BCUT2D eigenvalue weighted by Gasteiger charge is -2.16. The largest absolute Gasteiger partial charge is 0.383 e. The van der Waals surface area contributed by atoms with Gasteiger partial charge in [-0.1, -0.05) is 34.7 Å². The van der Waals surface area contributed by atoms with Crippen molar-refractivity contribution in [2.75, 3.05) is 12.3 Å². The van der Waals surface area contributed by atoms with Crippen molar-refractivity contribution < 1.29 is 0 Å². The topological polar surface area (TPSA) is 12.0 Å². The highest BCUT2D eigenvalue weighted by molar-refractivity contribution is 14.1. The minimum atomic E-state index is 0.164. The third-order valence-corrected chi connectivity index (χ3v) is 3.87. The molecule has 0 saturated heterocycles.